The van der Waals surface area contributed by atoms with Crippen molar-refractivity contribution in [1.29, 1.82) is 0 Å². The van der Waals surface area contributed by atoms with Gasteiger partial charge in [-0.1, -0.05) is 28.1 Å². The van der Waals surface area contributed by atoms with Gasteiger partial charge in [-0.2, -0.15) is 0 Å². The van der Waals surface area contributed by atoms with Crippen LogP contribution in [0, 0.1) is 6.92 Å². The van der Waals surface area contributed by atoms with Gasteiger partial charge in [0.25, 0.3) is 0 Å². The van der Waals surface area contributed by atoms with E-state index < -0.39 is 0 Å². The molecule has 0 amide bonds. The largest absolute Gasteiger partial charge is 0.313 e. The van der Waals surface area contributed by atoms with E-state index in [0.717, 1.165) is 17.3 Å². The average Bonchev–Trinajstić information content (AvgIpc) is 2.26. The highest BCUT2D eigenvalue weighted by Gasteiger charge is 2.10. The molecule has 1 atom stereocenters. The zero-order valence-corrected chi connectivity index (χ0v) is 11.7. The summed E-state index contributed by atoms with van der Waals surface area (Å²) in [7, 11) is 2.03. The van der Waals surface area contributed by atoms with Gasteiger partial charge in [0.1, 0.15) is 0 Å². The zero-order valence-electron chi connectivity index (χ0n) is 10.1. The van der Waals surface area contributed by atoms with Crippen molar-refractivity contribution in [2.24, 2.45) is 0 Å². The number of aryl methyl sites for hydroxylation is 1. The fourth-order valence-corrected chi connectivity index (χ4v) is 2.43. The molecule has 0 aromatic heterocycles. The van der Waals surface area contributed by atoms with E-state index in [4.69, 9.17) is 0 Å². The van der Waals surface area contributed by atoms with Crippen LogP contribution in [0.25, 0.3) is 0 Å². The van der Waals surface area contributed by atoms with E-state index in [1.54, 1.807) is 0 Å². The summed E-state index contributed by atoms with van der Waals surface area (Å²) in [6, 6.07) is 6.94. The molecule has 0 radical (unpaired) electrons. The molecule has 2 heteroatoms. The van der Waals surface area contributed by atoms with E-state index in [9.17, 15) is 0 Å². The molecule has 0 aliphatic rings. The second-order valence-corrected chi connectivity index (χ2v) is 4.98. The Kier molecular flexibility index (Phi) is 5.78. The minimum Gasteiger partial charge on any atom is -0.313 e. The number of unbranched alkanes of at least 4 members (excludes halogenated alkanes) is 1. The minimum absolute atomic E-state index is 0.452. The van der Waals surface area contributed by atoms with Crippen molar-refractivity contribution >= 4 is 15.9 Å². The molecule has 0 aliphatic carbocycles. The van der Waals surface area contributed by atoms with Crippen molar-refractivity contribution in [3.63, 3.8) is 0 Å². The number of hydrogen-bond acceptors (Lipinski definition) is 1. The van der Waals surface area contributed by atoms with Gasteiger partial charge < -0.3 is 5.32 Å². The maximum absolute atomic E-state index is 3.76. The van der Waals surface area contributed by atoms with E-state index in [1.165, 1.54) is 17.5 Å². The van der Waals surface area contributed by atoms with Gasteiger partial charge in [-0.15, -0.1) is 6.58 Å². The smallest absolute Gasteiger partial charge is 0.0320 e. The van der Waals surface area contributed by atoms with Gasteiger partial charge >= 0.3 is 0 Å². The molecule has 0 saturated carbocycles. The van der Waals surface area contributed by atoms with Crippen molar-refractivity contribution in [2.75, 3.05) is 7.05 Å². The Hall–Kier alpha value is -0.600. The van der Waals surface area contributed by atoms with E-state index in [-0.39, 0.29) is 0 Å². The van der Waals surface area contributed by atoms with Crippen molar-refractivity contribution < 1.29 is 0 Å². The number of rotatable bonds is 6. The molecule has 0 aliphatic heterocycles. The molecule has 0 heterocycles. The number of nitrogens with one attached hydrogen (secondary N) is 1. The van der Waals surface area contributed by atoms with Crippen LogP contribution in [0.15, 0.2) is 35.3 Å². The summed E-state index contributed by atoms with van der Waals surface area (Å²) in [4.78, 5) is 0. The second kappa shape index (κ2) is 6.87. The highest BCUT2D eigenvalue weighted by atomic mass is 79.9. The summed E-state index contributed by atoms with van der Waals surface area (Å²) in [5.41, 5.74) is 2.74. The molecule has 1 unspecified atom stereocenters. The molecule has 1 nitrogen and oxygen atoms in total. The zero-order chi connectivity index (χ0) is 12.0. The topological polar surface area (TPSA) is 12.0 Å². The quantitative estimate of drug-likeness (QED) is 0.603. The molecule has 0 fully saturated rings. The molecule has 1 N–H and O–H groups in total. The van der Waals surface area contributed by atoms with E-state index >= 15 is 0 Å². The normalized spacial score (nSPS) is 12.4. The summed E-state index contributed by atoms with van der Waals surface area (Å²) in [6.07, 6.45) is 5.42. The first-order chi connectivity index (χ1) is 7.69. The maximum atomic E-state index is 3.76. The van der Waals surface area contributed by atoms with Crippen LogP contribution >= 0.6 is 15.9 Å². The van der Waals surface area contributed by atoms with Crippen molar-refractivity contribution in [1.82, 2.24) is 5.32 Å². The number of hydrogen-bond donors (Lipinski definition) is 1. The third kappa shape index (κ3) is 3.76. The first kappa shape index (κ1) is 13.5. The Morgan fingerprint density at radius 3 is 2.81 bits per heavy atom. The molecule has 1 rings (SSSR count). The van der Waals surface area contributed by atoms with Crippen LogP contribution in [0.4, 0.5) is 0 Å². The highest BCUT2D eigenvalue weighted by molar-refractivity contribution is 9.10. The van der Waals surface area contributed by atoms with Crippen molar-refractivity contribution in [3.8, 4) is 0 Å². The molecule has 88 valence electrons. The molecular formula is C14H20BrN. The highest BCUT2D eigenvalue weighted by Crippen LogP contribution is 2.25. The Bertz CT molecular complexity index is 347. The van der Waals surface area contributed by atoms with E-state index in [2.05, 4.69) is 52.9 Å². The minimum atomic E-state index is 0.452. The van der Waals surface area contributed by atoms with Crippen LogP contribution in [0.2, 0.25) is 0 Å². The van der Waals surface area contributed by atoms with Gasteiger partial charge in [0, 0.05) is 10.5 Å². The molecule has 1 aromatic carbocycles. The van der Waals surface area contributed by atoms with E-state index in [0.29, 0.717) is 6.04 Å². The fourth-order valence-electron chi connectivity index (χ4n) is 1.95. The Morgan fingerprint density at radius 1 is 1.50 bits per heavy atom. The average molecular weight is 282 g/mol. The lowest BCUT2D eigenvalue weighted by atomic mass is 9.97. The van der Waals surface area contributed by atoms with Crippen molar-refractivity contribution in [2.45, 2.75) is 32.2 Å². The maximum Gasteiger partial charge on any atom is 0.0320 e. The lowest BCUT2D eigenvalue weighted by Gasteiger charge is -2.18. The lowest BCUT2D eigenvalue weighted by molar-refractivity contribution is 0.528. The van der Waals surface area contributed by atoms with Gasteiger partial charge in [-0.25, -0.2) is 0 Å². The van der Waals surface area contributed by atoms with Crippen LogP contribution in [0.1, 0.15) is 36.4 Å². The molecule has 16 heavy (non-hydrogen) atoms. The van der Waals surface area contributed by atoms with Crippen LogP contribution in [-0.2, 0) is 0 Å². The molecule has 0 bridgehead atoms. The van der Waals surface area contributed by atoms with Gasteiger partial charge in [0.2, 0.25) is 0 Å². The number of allylic oxidation sites excluding steroid dienone is 1. The van der Waals surface area contributed by atoms with Gasteiger partial charge in [0.15, 0.2) is 0 Å². The first-order valence-corrected chi connectivity index (χ1v) is 6.52. The Labute approximate surface area is 107 Å². The molecule has 0 spiro atoms. The summed E-state index contributed by atoms with van der Waals surface area (Å²) < 4.78 is 1.15. The van der Waals surface area contributed by atoms with Crippen LogP contribution in [0.3, 0.4) is 0 Å². The van der Waals surface area contributed by atoms with Crippen LogP contribution in [0.5, 0.6) is 0 Å². The summed E-state index contributed by atoms with van der Waals surface area (Å²) >= 11 is 3.50. The van der Waals surface area contributed by atoms with E-state index in [1.807, 2.05) is 13.1 Å². The lowest BCUT2D eigenvalue weighted by Crippen LogP contribution is -2.17. The third-order valence-electron chi connectivity index (χ3n) is 2.86. The fraction of sp³-hybridized carbons (Fsp3) is 0.429. The standard InChI is InChI=1S/C14H20BrN/c1-4-5-6-7-14(16-3)13-9-8-12(15)10-11(13)2/h4,8-10,14,16H,1,5-7H2,2-3H3. The monoisotopic (exact) mass is 281 g/mol. The van der Waals surface area contributed by atoms with Crippen molar-refractivity contribution in [3.05, 3.63) is 46.5 Å². The summed E-state index contributed by atoms with van der Waals surface area (Å²) in [6.45, 7) is 5.92. The molecule has 1 aromatic rings. The van der Waals surface area contributed by atoms with Gasteiger partial charge in [0.05, 0.1) is 0 Å². The van der Waals surface area contributed by atoms with Crippen LogP contribution in [-0.4, -0.2) is 7.05 Å². The summed E-state index contributed by atoms with van der Waals surface area (Å²) in [5.74, 6) is 0. The Balaban J connectivity index is 2.74. The third-order valence-corrected chi connectivity index (χ3v) is 3.35. The predicted molar refractivity (Wildman–Crippen MR) is 74.7 cm³/mol. The molecule has 0 saturated heterocycles. The SMILES string of the molecule is C=CCCCC(NC)c1ccc(Br)cc1C. The number of halogens is 1. The Morgan fingerprint density at radius 2 is 2.25 bits per heavy atom. The first-order valence-electron chi connectivity index (χ1n) is 5.73. The second-order valence-electron chi connectivity index (χ2n) is 4.06. The number of benzene rings is 1. The molecular weight excluding hydrogens is 262 g/mol. The van der Waals surface area contributed by atoms with Gasteiger partial charge in [-0.05, 0) is 56.5 Å². The predicted octanol–water partition coefficient (Wildman–Crippen LogP) is 4.37. The van der Waals surface area contributed by atoms with Crippen LogP contribution < -0.4 is 5.32 Å². The summed E-state index contributed by atoms with van der Waals surface area (Å²) in [5, 5.41) is 3.39. The van der Waals surface area contributed by atoms with Gasteiger partial charge in [-0.3, -0.25) is 0 Å².